The highest BCUT2D eigenvalue weighted by atomic mass is 127. The van der Waals surface area contributed by atoms with Crippen LogP contribution in [0.15, 0.2) is 47.7 Å². The molecule has 2 heterocycles. The number of hydrogen-bond acceptors (Lipinski definition) is 6. The third-order valence-corrected chi connectivity index (χ3v) is 5.79. The molecule has 0 saturated heterocycles. The number of aliphatic imine (C=N–C) groups is 1. The van der Waals surface area contributed by atoms with Crippen molar-refractivity contribution in [2.24, 2.45) is 4.99 Å². The Balaban J connectivity index is 0.00000363. The lowest BCUT2D eigenvalue weighted by Gasteiger charge is -2.16. The number of halogens is 1. The van der Waals surface area contributed by atoms with Gasteiger partial charge in [-0.15, -0.1) is 35.3 Å². The second kappa shape index (κ2) is 12.5. The zero-order valence-corrected chi connectivity index (χ0v) is 21.8. The summed E-state index contributed by atoms with van der Waals surface area (Å²) in [5.74, 6) is 0.367. The number of hydrogen-bond donors (Lipinski definition) is 2. The van der Waals surface area contributed by atoms with E-state index in [1.807, 2.05) is 62.0 Å². The van der Waals surface area contributed by atoms with Crippen LogP contribution in [0.1, 0.15) is 52.7 Å². The van der Waals surface area contributed by atoms with Crippen LogP contribution in [0.25, 0.3) is 5.69 Å². The highest BCUT2D eigenvalue weighted by molar-refractivity contribution is 14.0. The smallest absolute Gasteiger partial charge is 0.350 e. The normalized spacial score (nSPS) is 12.1. The average Bonchev–Trinajstić information content (AvgIpc) is 3.43. The molecule has 172 valence electrons. The van der Waals surface area contributed by atoms with Gasteiger partial charge in [-0.1, -0.05) is 12.1 Å². The second-order valence-corrected chi connectivity index (χ2v) is 7.90. The number of ether oxygens (including phenoxy) is 1. The van der Waals surface area contributed by atoms with Crippen molar-refractivity contribution in [1.82, 2.24) is 25.4 Å². The van der Waals surface area contributed by atoms with E-state index < -0.39 is 0 Å². The minimum absolute atomic E-state index is 0. The van der Waals surface area contributed by atoms with Crippen molar-refractivity contribution in [3.8, 4) is 5.69 Å². The molecule has 1 unspecified atom stereocenters. The van der Waals surface area contributed by atoms with E-state index in [0.29, 0.717) is 29.7 Å². The molecule has 1 atom stereocenters. The number of benzene rings is 1. The van der Waals surface area contributed by atoms with Gasteiger partial charge in [0.1, 0.15) is 9.88 Å². The Kier molecular flexibility index (Phi) is 10.1. The van der Waals surface area contributed by atoms with Crippen LogP contribution in [-0.2, 0) is 11.3 Å². The maximum Gasteiger partial charge on any atom is 0.350 e. The molecule has 0 aliphatic carbocycles. The third-order valence-electron chi connectivity index (χ3n) is 4.47. The number of esters is 1. The molecule has 0 fully saturated rings. The van der Waals surface area contributed by atoms with E-state index in [-0.39, 0.29) is 36.0 Å². The van der Waals surface area contributed by atoms with E-state index >= 15 is 0 Å². The van der Waals surface area contributed by atoms with Crippen LogP contribution < -0.4 is 10.6 Å². The van der Waals surface area contributed by atoms with Gasteiger partial charge in [-0.25, -0.2) is 19.5 Å². The maximum atomic E-state index is 12.1. The third kappa shape index (κ3) is 6.76. The Morgan fingerprint density at radius 3 is 2.66 bits per heavy atom. The van der Waals surface area contributed by atoms with Crippen LogP contribution in [0.5, 0.6) is 0 Å². The van der Waals surface area contributed by atoms with E-state index in [4.69, 9.17) is 9.73 Å². The van der Waals surface area contributed by atoms with E-state index in [1.165, 1.54) is 11.3 Å². The molecular weight excluding hydrogens is 539 g/mol. The van der Waals surface area contributed by atoms with Gasteiger partial charge in [-0.2, -0.15) is 5.10 Å². The first-order valence-corrected chi connectivity index (χ1v) is 11.1. The Labute approximate surface area is 209 Å². The largest absolute Gasteiger partial charge is 0.462 e. The number of thiazole rings is 1. The standard InChI is InChI=1S/C22H28N6O2S.HI/c1-5-23-22(24-14-17-8-10-18(11-9-17)28-13-7-12-25-28)27-16(4)20-26-15(3)19(31-20)21(29)30-6-2;/h7-13,16H,5-6,14H2,1-4H3,(H2,23,24,27);1H. The summed E-state index contributed by atoms with van der Waals surface area (Å²) in [6, 6.07) is 9.93. The molecule has 2 N–H and O–H groups in total. The molecule has 0 amide bonds. The first-order chi connectivity index (χ1) is 15.0. The zero-order chi connectivity index (χ0) is 22.2. The Hall–Kier alpha value is -2.47. The average molecular weight is 568 g/mol. The second-order valence-electron chi connectivity index (χ2n) is 6.87. The molecule has 1 aromatic carbocycles. The van der Waals surface area contributed by atoms with Crippen LogP contribution in [0, 0.1) is 6.92 Å². The van der Waals surface area contributed by atoms with Gasteiger partial charge >= 0.3 is 5.97 Å². The van der Waals surface area contributed by atoms with Crippen LogP contribution in [0.2, 0.25) is 0 Å². The van der Waals surface area contributed by atoms with Crippen molar-refractivity contribution in [3.63, 3.8) is 0 Å². The summed E-state index contributed by atoms with van der Waals surface area (Å²) in [4.78, 5) is 21.9. The van der Waals surface area contributed by atoms with Gasteiger partial charge < -0.3 is 15.4 Å². The van der Waals surface area contributed by atoms with Crippen LogP contribution in [-0.4, -0.2) is 39.8 Å². The molecule has 0 spiro atoms. The Morgan fingerprint density at radius 2 is 2.03 bits per heavy atom. The number of guanidine groups is 1. The molecule has 0 aliphatic heterocycles. The fourth-order valence-corrected chi connectivity index (χ4v) is 3.88. The summed E-state index contributed by atoms with van der Waals surface area (Å²) in [5, 5.41) is 11.7. The predicted octanol–water partition coefficient (Wildman–Crippen LogP) is 4.25. The summed E-state index contributed by atoms with van der Waals surface area (Å²) in [6.45, 7) is 9.26. The number of aryl methyl sites for hydroxylation is 1. The summed E-state index contributed by atoms with van der Waals surface area (Å²) in [7, 11) is 0. The molecule has 2 aromatic heterocycles. The fraction of sp³-hybridized carbons (Fsp3) is 0.364. The molecule has 32 heavy (non-hydrogen) atoms. The lowest BCUT2D eigenvalue weighted by molar-refractivity contribution is 0.0531. The van der Waals surface area contributed by atoms with Crippen LogP contribution in [0.4, 0.5) is 0 Å². The fourth-order valence-electron chi connectivity index (χ4n) is 2.92. The SMILES string of the molecule is CCNC(=NCc1ccc(-n2cccn2)cc1)NC(C)c1nc(C)c(C(=O)OCC)s1.I. The van der Waals surface area contributed by atoms with Crippen molar-refractivity contribution in [1.29, 1.82) is 0 Å². The van der Waals surface area contributed by atoms with Crippen molar-refractivity contribution in [2.75, 3.05) is 13.2 Å². The van der Waals surface area contributed by atoms with E-state index in [9.17, 15) is 4.79 Å². The topological polar surface area (TPSA) is 93.4 Å². The number of nitrogens with one attached hydrogen (secondary N) is 2. The van der Waals surface area contributed by atoms with Gasteiger partial charge in [0.25, 0.3) is 0 Å². The summed E-state index contributed by atoms with van der Waals surface area (Å²) >= 11 is 1.35. The van der Waals surface area contributed by atoms with Gasteiger partial charge in [0.15, 0.2) is 5.96 Å². The summed E-state index contributed by atoms with van der Waals surface area (Å²) in [6.07, 6.45) is 3.67. The van der Waals surface area contributed by atoms with Crippen molar-refractivity contribution < 1.29 is 9.53 Å². The molecule has 0 bridgehead atoms. The number of carbonyl (C=O) groups is 1. The van der Waals surface area contributed by atoms with E-state index in [2.05, 4.69) is 20.7 Å². The molecule has 0 aliphatic rings. The zero-order valence-electron chi connectivity index (χ0n) is 18.7. The quantitative estimate of drug-likeness (QED) is 0.183. The van der Waals surface area contributed by atoms with Crippen molar-refractivity contribution >= 4 is 47.2 Å². The summed E-state index contributed by atoms with van der Waals surface area (Å²) in [5.41, 5.74) is 2.79. The highest BCUT2D eigenvalue weighted by Gasteiger charge is 2.20. The molecule has 0 saturated carbocycles. The lowest BCUT2D eigenvalue weighted by Crippen LogP contribution is -2.38. The van der Waals surface area contributed by atoms with Crippen LogP contribution in [0.3, 0.4) is 0 Å². The highest BCUT2D eigenvalue weighted by Crippen LogP contribution is 2.24. The lowest BCUT2D eigenvalue weighted by atomic mass is 10.2. The minimum Gasteiger partial charge on any atom is -0.462 e. The Morgan fingerprint density at radius 1 is 1.28 bits per heavy atom. The summed E-state index contributed by atoms with van der Waals surface area (Å²) < 4.78 is 6.93. The van der Waals surface area contributed by atoms with E-state index in [0.717, 1.165) is 22.8 Å². The molecule has 3 rings (SSSR count). The molecule has 3 aromatic rings. The molecule has 0 radical (unpaired) electrons. The van der Waals surface area contributed by atoms with Crippen molar-refractivity contribution in [2.45, 2.75) is 40.3 Å². The monoisotopic (exact) mass is 568 g/mol. The molecular formula is C22H29IN6O2S. The maximum absolute atomic E-state index is 12.1. The number of aromatic nitrogens is 3. The minimum atomic E-state index is -0.324. The molecule has 10 heteroatoms. The Bertz CT molecular complexity index is 1020. The number of carbonyl (C=O) groups excluding carboxylic acids is 1. The van der Waals surface area contributed by atoms with Gasteiger partial charge in [0, 0.05) is 18.9 Å². The van der Waals surface area contributed by atoms with Crippen LogP contribution >= 0.6 is 35.3 Å². The first kappa shape index (κ1) is 25.8. The van der Waals surface area contributed by atoms with Gasteiger partial charge in [-0.3, -0.25) is 0 Å². The van der Waals surface area contributed by atoms with Gasteiger partial charge in [-0.05, 0) is 51.5 Å². The van der Waals surface area contributed by atoms with Gasteiger partial charge in [0.05, 0.1) is 30.6 Å². The number of rotatable bonds is 8. The first-order valence-electron chi connectivity index (χ1n) is 10.3. The number of nitrogens with zero attached hydrogens (tertiary/aromatic N) is 4. The van der Waals surface area contributed by atoms with Crippen molar-refractivity contribution in [3.05, 3.63) is 63.9 Å². The molecule has 8 nitrogen and oxygen atoms in total. The van der Waals surface area contributed by atoms with E-state index in [1.54, 1.807) is 13.1 Å². The predicted molar refractivity (Wildman–Crippen MR) is 138 cm³/mol. The van der Waals surface area contributed by atoms with Gasteiger partial charge in [0.2, 0.25) is 0 Å².